The minimum absolute atomic E-state index is 0.433. The molecule has 3 aromatic carbocycles. The number of rotatable bonds is 7. The van der Waals surface area contributed by atoms with Crippen LogP contribution in [0.5, 0.6) is 11.5 Å². The van der Waals surface area contributed by atoms with E-state index in [0.29, 0.717) is 22.2 Å². The molecule has 0 spiro atoms. The van der Waals surface area contributed by atoms with E-state index in [1.807, 2.05) is 53.8 Å². The van der Waals surface area contributed by atoms with Gasteiger partial charge in [-0.15, -0.1) is 0 Å². The number of anilines is 1. The topological polar surface area (TPSA) is 108 Å². The van der Waals surface area contributed by atoms with Crippen LogP contribution in [0.2, 0.25) is 5.02 Å². The van der Waals surface area contributed by atoms with Crippen LogP contribution in [0.25, 0.3) is 11.1 Å². The van der Waals surface area contributed by atoms with Gasteiger partial charge in [-0.1, -0.05) is 35.9 Å². The van der Waals surface area contributed by atoms with Crippen molar-refractivity contribution in [3.05, 3.63) is 77.8 Å². The number of nitrogens with one attached hydrogen (secondary N) is 2. The summed E-state index contributed by atoms with van der Waals surface area (Å²) in [5.74, 6) is 0.530. The van der Waals surface area contributed by atoms with Crippen LogP contribution in [0, 0.1) is 0 Å². The highest BCUT2D eigenvalue weighted by Gasteiger charge is 2.34. The monoisotopic (exact) mass is 440 g/mol. The lowest BCUT2D eigenvalue weighted by atomic mass is 10.0. The fourth-order valence-electron chi connectivity index (χ4n) is 2.77. The Kier molecular flexibility index (Phi) is 6.79. The van der Waals surface area contributed by atoms with Gasteiger partial charge in [-0.05, 0) is 66.6 Å². The summed E-state index contributed by atoms with van der Waals surface area (Å²) in [4.78, 5) is 23.1. The van der Waals surface area contributed by atoms with E-state index in [1.165, 1.54) is 6.92 Å². The van der Waals surface area contributed by atoms with Crippen molar-refractivity contribution in [2.24, 2.45) is 0 Å². The summed E-state index contributed by atoms with van der Waals surface area (Å²) in [5, 5.41) is 23.5. The van der Waals surface area contributed by atoms with Crippen LogP contribution in [-0.4, -0.2) is 34.4 Å². The van der Waals surface area contributed by atoms with Gasteiger partial charge >= 0.3 is 6.09 Å². The van der Waals surface area contributed by atoms with Gasteiger partial charge in [0.1, 0.15) is 17.0 Å². The van der Waals surface area contributed by atoms with Crippen molar-refractivity contribution in [1.29, 1.82) is 0 Å². The van der Waals surface area contributed by atoms with Gasteiger partial charge in [-0.25, -0.2) is 4.79 Å². The quantitative estimate of drug-likeness (QED) is 0.423. The fourth-order valence-corrected chi connectivity index (χ4v) is 2.90. The molecule has 4 N–H and O–H groups in total. The summed E-state index contributed by atoms with van der Waals surface area (Å²) >= 11 is 5.92. The maximum absolute atomic E-state index is 12.3. The maximum Gasteiger partial charge on any atom is 0.405 e. The Morgan fingerprint density at radius 1 is 0.903 bits per heavy atom. The summed E-state index contributed by atoms with van der Waals surface area (Å²) in [6.07, 6.45) is -1.41. The van der Waals surface area contributed by atoms with E-state index in [4.69, 9.17) is 21.4 Å². The van der Waals surface area contributed by atoms with Crippen molar-refractivity contribution in [3.63, 3.8) is 0 Å². The molecule has 31 heavy (non-hydrogen) atoms. The van der Waals surface area contributed by atoms with Gasteiger partial charge in [0.15, 0.2) is 0 Å². The molecule has 3 aromatic rings. The first-order valence-electron chi connectivity index (χ1n) is 9.36. The van der Waals surface area contributed by atoms with Gasteiger partial charge in [0.05, 0.1) is 6.61 Å². The molecule has 0 saturated heterocycles. The summed E-state index contributed by atoms with van der Waals surface area (Å²) < 4.78 is 5.83. The summed E-state index contributed by atoms with van der Waals surface area (Å²) in [6, 6.07) is 21.7. The molecule has 0 saturated carbocycles. The number of aliphatic hydroxyl groups excluding tert-OH is 1. The van der Waals surface area contributed by atoms with Gasteiger partial charge in [-0.3, -0.25) is 4.79 Å². The fraction of sp³-hybridized carbons (Fsp3) is 0.130. The standard InChI is InChI=1S/C23H21ClN2O5/c1-23(14-27,26-22(29)30)21(28)25-18-8-12-20(13-9-18)31-19-10-4-16(5-11-19)15-2-6-17(24)7-3-15/h2-13,26-27H,14H2,1H3,(H,25,28)(H,29,30)/t23-/m0/s1. The SMILES string of the molecule is C[C@@](CO)(NC(=O)O)C(=O)Nc1ccc(Oc2ccc(-c3ccc(Cl)cc3)cc2)cc1. The third-order valence-electron chi connectivity index (χ3n) is 4.58. The Bertz CT molecular complexity index is 1050. The largest absolute Gasteiger partial charge is 0.465 e. The van der Waals surface area contributed by atoms with E-state index in [2.05, 4.69) is 5.32 Å². The number of carbonyl (C=O) groups excluding carboxylic acids is 1. The lowest BCUT2D eigenvalue weighted by Gasteiger charge is -2.25. The van der Waals surface area contributed by atoms with Crippen molar-refractivity contribution in [3.8, 4) is 22.6 Å². The zero-order valence-electron chi connectivity index (χ0n) is 16.6. The number of halogens is 1. The second kappa shape index (κ2) is 9.51. The van der Waals surface area contributed by atoms with Gasteiger partial charge in [-0.2, -0.15) is 0 Å². The van der Waals surface area contributed by atoms with Crippen molar-refractivity contribution in [2.75, 3.05) is 11.9 Å². The molecule has 0 aliphatic carbocycles. The van der Waals surface area contributed by atoms with Crippen LogP contribution >= 0.6 is 11.6 Å². The van der Waals surface area contributed by atoms with Gasteiger partial charge in [0, 0.05) is 10.7 Å². The van der Waals surface area contributed by atoms with Gasteiger partial charge in [0.25, 0.3) is 5.91 Å². The van der Waals surface area contributed by atoms with Gasteiger partial charge in [0.2, 0.25) is 0 Å². The smallest absolute Gasteiger partial charge is 0.405 e. The summed E-state index contributed by atoms with van der Waals surface area (Å²) in [5.41, 5.74) is 0.849. The molecule has 0 unspecified atom stereocenters. The lowest BCUT2D eigenvalue weighted by molar-refractivity contribution is -0.123. The molecule has 0 aliphatic rings. The zero-order chi connectivity index (χ0) is 22.4. The molecule has 7 nitrogen and oxygen atoms in total. The molecule has 0 radical (unpaired) electrons. The van der Waals surface area contributed by atoms with E-state index < -0.39 is 24.1 Å². The Morgan fingerprint density at radius 3 is 1.87 bits per heavy atom. The highest BCUT2D eigenvalue weighted by molar-refractivity contribution is 6.30. The molecule has 0 aromatic heterocycles. The zero-order valence-corrected chi connectivity index (χ0v) is 17.4. The second-order valence-corrected chi connectivity index (χ2v) is 7.47. The number of ether oxygens (including phenoxy) is 1. The number of aliphatic hydroxyl groups is 1. The first-order chi connectivity index (χ1) is 14.8. The lowest BCUT2D eigenvalue weighted by Crippen LogP contribution is -2.56. The molecule has 0 heterocycles. The number of amides is 2. The Morgan fingerprint density at radius 2 is 1.39 bits per heavy atom. The van der Waals surface area contributed by atoms with E-state index in [0.717, 1.165) is 11.1 Å². The Labute approximate surface area is 184 Å². The number of carboxylic acid groups (broad SMARTS) is 1. The molecule has 0 aliphatic heterocycles. The van der Waals surface area contributed by atoms with Crippen LogP contribution in [0.1, 0.15) is 6.92 Å². The van der Waals surface area contributed by atoms with Crippen LogP contribution in [0.15, 0.2) is 72.8 Å². The second-order valence-electron chi connectivity index (χ2n) is 7.03. The summed E-state index contributed by atoms with van der Waals surface area (Å²) in [7, 11) is 0. The van der Waals surface area contributed by atoms with E-state index >= 15 is 0 Å². The average molecular weight is 441 g/mol. The van der Waals surface area contributed by atoms with E-state index in [-0.39, 0.29) is 0 Å². The molecule has 3 rings (SSSR count). The van der Waals surface area contributed by atoms with Crippen molar-refractivity contribution in [1.82, 2.24) is 5.32 Å². The first kappa shape index (κ1) is 22.1. The minimum Gasteiger partial charge on any atom is -0.465 e. The normalized spacial score (nSPS) is 12.5. The Balaban J connectivity index is 1.63. The molecular formula is C23H21ClN2O5. The minimum atomic E-state index is -1.66. The van der Waals surface area contributed by atoms with Crippen molar-refractivity contribution in [2.45, 2.75) is 12.5 Å². The number of hydrogen-bond donors (Lipinski definition) is 4. The van der Waals surface area contributed by atoms with Crippen molar-refractivity contribution < 1.29 is 24.5 Å². The van der Waals surface area contributed by atoms with Crippen LogP contribution < -0.4 is 15.4 Å². The van der Waals surface area contributed by atoms with Crippen LogP contribution in [0.4, 0.5) is 10.5 Å². The maximum atomic E-state index is 12.3. The molecule has 0 fully saturated rings. The summed E-state index contributed by atoms with van der Waals surface area (Å²) in [6.45, 7) is 0.611. The highest BCUT2D eigenvalue weighted by Crippen LogP contribution is 2.27. The Hall–Kier alpha value is -3.55. The van der Waals surface area contributed by atoms with E-state index in [9.17, 15) is 14.7 Å². The highest BCUT2D eigenvalue weighted by atomic mass is 35.5. The predicted octanol–water partition coefficient (Wildman–Crippen LogP) is 4.76. The third kappa shape index (κ3) is 5.75. The molecule has 160 valence electrons. The van der Waals surface area contributed by atoms with Crippen LogP contribution in [0.3, 0.4) is 0 Å². The molecule has 0 bridgehead atoms. The third-order valence-corrected chi connectivity index (χ3v) is 4.83. The van der Waals surface area contributed by atoms with Gasteiger partial charge < -0.3 is 25.6 Å². The molecule has 2 amide bonds. The van der Waals surface area contributed by atoms with Crippen LogP contribution in [-0.2, 0) is 4.79 Å². The molecule has 8 heteroatoms. The molecular weight excluding hydrogens is 420 g/mol. The van der Waals surface area contributed by atoms with Crippen molar-refractivity contribution >= 4 is 29.3 Å². The number of carbonyl (C=O) groups is 2. The number of hydrogen-bond acceptors (Lipinski definition) is 4. The predicted molar refractivity (Wildman–Crippen MR) is 119 cm³/mol. The molecule has 1 atom stereocenters. The first-order valence-corrected chi connectivity index (χ1v) is 9.74. The number of benzene rings is 3. The van der Waals surface area contributed by atoms with E-state index in [1.54, 1.807) is 24.3 Å². The average Bonchev–Trinajstić information content (AvgIpc) is 2.75.